The van der Waals surface area contributed by atoms with E-state index in [1.807, 2.05) is 41.3 Å². The number of furan rings is 1. The number of carbonyl (C=O) groups excluding carboxylic acids is 2. The zero-order valence-corrected chi connectivity index (χ0v) is 16.2. The van der Waals surface area contributed by atoms with E-state index in [9.17, 15) is 9.59 Å². The molecule has 2 aliphatic rings. The molecule has 0 spiro atoms. The molecule has 1 aliphatic carbocycles. The van der Waals surface area contributed by atoms with Gasteiger partial charge in [0.2, 0.25) is 11.8 Å². The van der Waals surface area contributed by atoms with Crippen molar-refractivity contribution >= 4 is 23.6 Å². The summed E-state index contributed by atoms with van der Waals surface area (Å²) >= 11 is 0. The summed E-state index contributed by atoms with van der Waals surface area (Å²) in [6, 6.07) is 11.7. The van der Waals surface area contributed by atoms with Crippen LogP contribution in [0.15, 0.2) is 46.9 Å². The fourth-order valence-corrected chi connectivity index (χ4v) is 3.69. The van der Waals surface area contributed by atoms with Gasteiger partial charge in [-0.25, -0.2) is 0 Å². The highest BCUT2D eigenvalue weighted by Gasteiger charge is 2.36. The summed E-state index contributed by atoms with van der Waals surface area (Å²) in [5, 5.41) is 2.89. The molecule has 146 valence electrons. The number of nitrogens with zero attached hydrogens (tertiary/aromatic N) is 1. The minimum Gasteiger partial charge on any atom is -0.461 e. The van der Waals surface area contributed by atoms with Crippen LogP contribution in [0.1, 0.15) is 55.6 Å². The first-order chi connectivity index (χ1) is 13.6. The Bertz CT molecular complexity index is 899. The van der Waals surface area contributed by atoms with Crippen molar-refractivity contribution in [2.75, 3.05) is 11.4 Å². The van der Waals surface area contributed by atoms with Gasteiger partial charge in [-0.15, -0.1) is 0 Å². The van der Waals surface area contributed by atoms with Gasteiger partial charge in [0.05, 0.1) is 0 Å². The molecule has 2 fully saturated rings. The predicted molar refractivity (Wildman–Crippen MR) is 109 cm³/mol. The summed E-state index contributed by atoms with van der Waals surface area (Å²) in [4.78, 5) is 26.1. The van der Waals surface area contributed by atoms with E-state index in [1.165, 1.54) is 12.5 Å². The van der Waals surface area contributed by atoms with Crippen molar-refractivity contribution in [2.24, 2.45) is 5.92 Å². The Morgan fingerprint density at radius 3 is 2.93 bits per heavy atom. The molecule has 0 bridgehead atoms. The van der Waals surface area contributed by atoms with Crippen LogP contribution in [0.5, 0.6) is 0 Å². The maximum Gasteiger partial charge on any atom is 0.244 e. The van der Waals surface area contributed by atoms with Gasteiger partial charge in [-0.1, -0.05) is 19.1 Å². The maximum absolute atomic E-state index is 12.1. The Balaban J connectivity index is 1.31. The third-order valence-electron chi connectivity index (χ3n) is 5.53. The van der Waals surface area contributed by atoms with Crippen molar-refractivity contribution in [3.05, 3.63) is 59.6 Å². The molecule has 2 unspecified atom stereocenters. The van der Waals surface area contributed by atoms with Crippen LogP contribution < -0.4 is 10.2 Å². The summed E-state index contributed by atoms with van der Waals surface area (Å²) in [7, 11) is 0. The van der Waals surface area contributed by atoms with Crippen molar-refractivity contribution in [1.82, 2.24) is 5.32 Å². The van der Waals surface area contributed by atoms with Crippen molar-refractivity contribution in [2.45, 2.75) is 45.1 Å². The highest BCUT2D eigenvalue weighted by Crippen LogP contribution is 2.47. The molecule has 1 aliphatic heterocycles. The number of amides is 2. The quantitative estimate of drug-likeness (QED) is 0.765. The van der Waals surface area contributed by atoms with Crippen LogP contribution in [0.3, 0.4) is 0 Å². The third kappa shape index (κ3) is 4.35. The molecule has 2 amide bonds. The number of hydrogen-bond donors (Lipinski definition) is 1. The van der Waals surface area contributed by atoms with Crippen LogP contribution >= 0.6 is 0 Å². The molecular formula is C23H26N2O3. The van der Waals surface area contributed by atoms with Gasteiger partial charge in [-0.3, -0.25) is 9.59 Å². The van der Waals surface area contributed by atoms with Crippen LogP contribution in [0.2, 0.25) is 0 Å². The first kappa shape index (κ1) is 18.5. The standard InChI is InChI=1S/C23H26N2O3/c1-16-13-20(16)21-10-8-19(28-21)9-11-22(26)24-15-17-5-4-6-18(14-17)25-12-3-2-7-23(25)27/h4-6,8-11,14,16,20H,2-3,7,12-13,15H2,1H3,(H,24,26)/b11-9+. The number of benzene rings is 1. The largest absolute Gasteiger partial charge is 0.461 e. The lowest BCUT2D eigenvalue weighted by molar-refractivity contribution is -0.119. The van der Waals surface area contributed by atoms with Gasteiger partial charge in [0.1, 0.15) is 11.5 Å². The third-order valence-corrected chi connectivity index (χ3v) is 5.53. The van der Waals surface area contributed by atoms with Crippen molar-refractivity contribution in [3.63, 3.8) is 0 Å². The number of piperidine rings is 1. The number of hydrogen-bond acceptors (Lipinski definition) is 3. The summed E-state index contributed by atoms with van der Waals surface area (Å²) in [5.41, 5.74) is 1.88. The van der Waals surface area contributed by atoms with Crippen molar-refractivity contribution < 1.29 is 14.0 Å². The Hall–Kier alpha value is -2.82. The normalized spacial score (nSPS) is 21.9. The van der Waals surface area contributed by atoms with Gasteiger partial charge in [0.25, 0.3) is 0 Å². The van der Waals surface area contributed by atoms with Crippen LogP contribution in [0, 0.1) is 5.92 Å². The van der Waals surface area contributed by atoms with Gasteiger partial charge in [0, 0.05) is 37.2 Å². The van der Waals surface area contributed by atoms with E-state index >= 15 is 0 Å². The first-order valence-corrected chi connectivity index (χ1v) is 10.0. The van der Waals surface area contributed by atoms with Gasteiger partial charge < -0.3 is 14.6 Å². The maximum atomic E-state index is 12.1. The van der Waals surface area contributed by atoms with Gasteiger partial charge in [-0.2, -0.15) is 0 Å². The molecule has 5 heteroatoms. The Morgan fingerprint density at radius 2 is 2.14 bits per heavy atom. The van der Waals surface area contributed by atoms with E-state index in [-0.39, 0.29) is 11.8 Å². The van der Waals surface area contributed by atoms with Gasteiger partial charge in [-0.05, 0) is 61.1 Å². The monoisotopic (exact) mass is 378 g/mol. The zero-order chi connectivity index (χ0) is 19.5. The van der Waals surface area contributed by atoms with Crippen molar-refractivity contribution in [1.29, 1.82) is 0 Å². The molecule has 0 radical (unpaired) electrons. The number of nitrogens with one attached hydrogen (secondary N) is 1. The van der Waals surface area contributed by atoms with E-state index in [0.717, 1.165) is 36.4 Å². The molecule has 1 saturated heterocycles. The van der Waals surface area contributed by atoms with Gasteiger partial charge >= 0.3 is 0 Å². The molecule has 2 atom stereocenters. The lowest BCUT2D eigenvalue weighted by atomic mass is 10.1. The number of carbonyl (C=O) groups is 2. The smallest absolute Gasteiger partial charge is 0.244 e. The topological polar surface area (TPSA) is 62.6 Å². The Kier molecular flexibility index (Phi) is 5.33. The number of rotatable bonds is 6. The average molecular weight is 378 g/mol. The van der Waals surface area contributed by atoms with E-state index in [4.69, 9.17) is 4.42 Å². The van der Waals surface area contributed by atoms with E-state index in [0.29, 0.717) is 30.6 Å². The minimum absolute atomic E-state index is 0.169. The molecule has 1 aromatic heterocycles. The van der Waals surface area contributed by atoms with Crippen LogP contribution in [0.4, 0.5) is 5.69 Å². The fraction of sp³-hybridized carbons (Fsp3) is 0.391. The van der Waals surface area contributed by atoms with Crippen LogP contribution in [-0.2, 0) is 16.1 Å². The lowest BCUT2D eigenvalue weighted by Gasteiger charge is -2.27. The van der Waals surface area contributed by atoms with Crippen LogP contribution in [-0.4, -0.2) is 18.4 Å². The Labute approximate surface area is 165 Å². The second kappa shape index (κ2) is 8.05. The highest BCUT2D eigenvalue weighted by atomic mass is 16.3. The van der Waals surface area contributed by atoms with Crippen LogP contribution in [0.25, 0.3) is 6.08 Å². The van der Waals surface area contributed by atoms with E-state index in [1.54, 1.807) is 6.08 Å². The molecule has 4 rings (SSSR count). The molecule has 5 nitrogen and oxygen atoms in total. The summed E-state index contributed by atoms with van der Waals surface area (Å²) in [5.74, 6) is 2.95. The lowest BCUT2D eigenvalue weighted by Crippen LogP contribution is -2.35. The minimum atomic E-state index is -0.169. The first-order valence-electron chi connectivity index (χ1n) is 10.0. The zero-order valence-electron chi connectivity index (χ0n) is 16.2. The molecule has 2 heterocycles. The molecule has 28 heavy (non-hydrogen) atoms. The summed E-state index contributed by atoms with van der Waals surface area (Å²) in [6.07, 6.45) is 6.99. The second-order valence-electron chi connectivity index (χ2n) is 7.78. The van der Waals surface area contributed by atoms with Crippen molar-refractivity contribution in [3.8, 4) is 0 Å². The summed E-state index contributed by atoms with van der Waals surface area (Å²) in [6.45, 7) is 3.40. The second-order valence-corrected chi connectivity index (χ2v) is 7.78. The molecule has 1 saturated carbocycles. The molecule has 1 aromatic carbocycles. The number of anilines is 1. The SMILES string of the molecule is CC1CC1c1ccc(/C=C/C(=O)NCc2cccc(N3CCCCC3=O)c2)o1. The Morgan fingerprint density at radius 1 is 1.29 bits per heavy atom. The van der Waals surface area contributed by atoms with E-state index < -0.39 is 0 Å². The predicted octanol–water partition coefficient (Wildman–Crippen LogP) is 4.25. The summed E-state index contributed by atoms with van der Waals surface area (Å²) < 4.78 is 5.78. The van der Waals surface area contributed by atoms with E-state index in [2.05, 4.69) is 12.2 Å². The molecular weight excluding hydrogens is 352 g/mol. The highest BCUT2D eigenvalue weighted by molar-refractivity contribution is 5.94. The van der Waals surface area contributed by atoms with Gasteiger partial charge in [0.15, 0.2) is 0 Å². The molecule has 1 N–H and O–H groups in total. The average Bonchev–Trinajstić information content (AvgIpc) is 3.25. The molecule has 2 aromatic rings. The fourth-order valence-electron chi connectivity index (χ4n) is 3.69.